The van der Waals surface area contributed by atoms with Crippen molar-refractivity contribution >= 4 is 22.2 Å². The van der Waals surface area contributed by atoms with E-state index in [0.29, 0.717) is 6.54 Å². The quantitative estimate of drug-likeness (QED) is 0.496. The van der Waals surface area contributed by atoms with Crippen LogP contribution in [-0.2, 0) is 13.0 Å². The molecule has 0 radical (unpaired) electrons. The number of imidazole rings is 1. The predicted octanol–water partition coefficient (Wildman–Crippen LogP) is 4.71. The van der Waals surface area contributed by atoms with Gasteiger partial charge in [0.15, 0.2) is 4.96 Å². The van der Waals surface area contributed by atoms with Crippen molar-refractivity contribution in [2.24, 2.45) is 0 Å². The largest absolute Gasteiger partial charge is 0.333 e. The lowest BCUT2D eigenvalue weighted by Crippen LogP contribution is -2.35. The molecule has 28 heavy (non-hydrogen) atoms. The molecule has 5 rings (SSSR count). The second-order valence-electron chi connectivity index (χ2n) is 7.05. The van der Waals surface area contributed by atoms with Gasteiger partial charge < -0.3 is 4.90 Å². The molecule has 0 unspecified atom stereocenters. The minimum absolute atomic E-state index is 0.0610. The summed E-state index contributed by atoms with van der Waals surface area (Å²) >= 11 is 1.41. The summed E-state index contributed by atoms with van der Waals surface area (Å²) in [5.41, 5.74) is 5.08. The normalized spacial score (nSPS) is 13.7. The van der Waals surface area contributed by atoms with E-state index in [9.17, 15) is 9.18 Å². The molecular weight excluding hydrogens is 373 g/mol. The highest BCUT2D eigenvalue weighted by Gasteiger charge is 2.26. The van der Waals surface area contributed by atoms with Gasteiger partial charge in [-0.05, 0) is 48.7 Å². The summed E-state index contributed by atoms with van der Waals surface area (Å²) in [6, 6.07) is 14.6. The number of hydrogen-bond acceptors (Lipinski definition) is 3. The molecule has 3 heterocycles. The number of carbonyl (C=O) groups is 1. The molecule has 140 valence electrons. The zero-order chi connectivity index (χ0) is 19.3. The van der Waals surface area contributed by atoms with Crippen LogP contribution >= 0.6 is 11.3 Å². The molecule has 4 nitrogen and oxygen atoms in total. The summed E-state index contributed by atoms with van der Waals surface area (Å²) in [6.07, 6.45) is 2.80. The van der Waals surface area contributed by atoms with Gasteiger partial charge in [0.2, 0.25) is 0 Å². The Kier molecular flexibility index (Phi) is 4.02. The van der Waals surface area contributed by atoms with Crippen molar-refractivity contribution in [1.29, 1.82) is 0 Å². The Morgan fingerprint density at radius 1 is 1.11 bits per heavy atom. The number of thiazole rings is 1. The second kappa shape index (κ2) is 6.56. The first kappa shape index (κ1) is 17.1. The van der Waals surface area contributed by atoms with E-state index in [1.807, 2.05) is 34.6 Å². The molecule has 0 fully saturated rings. The van der Waals surface area contributed by atoms with Crippen molar-refractivity contribution < 1.29 is 9.18 Å². The maximum Gasteiger partial charge on any atom is 0.266 e. The Bertz CT molecular complexity index is 1190. The Labute approximate surface area is 165 Å². The average Bonchev–Trinajstić information content (AvgIpc) is 3.27. The highest BCUT2D eigenvalue weighted by molar-refractivity contribution is 7.19. The SMILES string of the molecule is Cc1c(C(=O)N2CCc3ccccc3C2)sc2nc(-c3ccc(F)cc3)cn12. The van der Waals surface area contributed by atoms with Crippen LogP contribution in [0.25, 0.3) is 16.2 Å². The number of fused-ring (bicyclic) bond motifs is 2. The van der Waals surface area contributed by atoms with Gasteiger partial charge in [-0.25, -0.2) is 9.37 Å². The van der Waals surface area contributed by atoms with Crippen LogP contribution in [-0.4, -0.2) is 26.7 Å². The second-order valence-corrected chi connectivity index (χ2v) is 8.03. The first-order chi connectivity index (χ1) is 13.6. The highest BCUT2D eigenvalue weighted by Crippen LogP contribution is 2.29. The molecule has 0 aliphatic carbocycles. The maximum atomic E-state index is 13.2. The Balaban J connectivity index is 1.45. The van der Waals surface area contributed by atoms with Crippen molar-refractivity contribution in [3.05, 3.63) is 82.2 Å². The van der Waals surface area contributed by atoms with Gasteiger partial charge in [0.05, 0.1) is 5.69 Å². The number of benzene rings is 2. The van der Waals surface area contributed by atoms with Gasteiger partial charge in [-0.15, -0.1) is 0 Å². The molecule has 0 atom stereocenters. The molecule has 6 heteroatoms. The van der Waals surface area contributed by atoms with Gasteiger partial charge in [-0.2, -0.15) is 0 Å². The molecule has 4 aromatic rings. The molecule has 0 N–H and O–H groups in total. The number of hydrogen-bond donors (Lipinski definition) is 0. The number of amides is 1. The molecule has 1 aliphatic heterocycles. The van der Waals surface area contributed by atoms with Gasteiger partial charge >= 0.3 is 0 Å². The first-order valence-corrected chi connectivity index (χ1v) is 10.0. The van der Waals surface area contributed by atoms with E-state index in [1.165, 1.54) is 34.6 Å². The number of carbonyl (C=O) groups excluding carboxylic acids is 1. The summed E-state index contributed by atoms with van der Waals surface area (Å²) in [5, 5.41) is 0. The zero-order valence-corrected chi connectivity index (χ0v) is 16.2. The molecule has 0 saturated carbocycles. The average molecular weight is 391 g/mol. The number of aryl methyl sites for hydroxylation is 1. The lowest BCUT2D eigenvalue weighted by molar-refractivity contribution is 0.0738. The fourth-order valence-corrected chi connectivity index (χ4v) is 4.80. The minimum atomic E-state index is -0.267. The third kappa shape index (κ3) is 2.81. The van der Waals surface area contributed by atoms with Gasteiger partial charge in [0, 0.05) is 30.5 Å². The summed E-state index contributed by atoms with van der Waals surface area (Å²) in [6.45, 7) is 3.33. The predicted molar refractivity (Wildman–Crippen MR) is 108 cm³/mol. The highest BCUT2D eigenvalue weighted by atomic mass is 32.1. The van der Waals surface area contributed by atoms with Crippen LogP contribution in [0.3, 0.4) is 0 Å². The Hall–Kier alpha value is -2.99. The minimum Gasteiger partial charge on any atom is -0.333 e. The molecule has 0 saturated heterocycles. The smallest absolute Gasteiger partial charge is 0.266 e. The van der Waals surface area contributed by atoms with Crippen LogP contribution in [0.1, 0.15) is 26.5 Å². The zero-order valence-electron chi connectivity index (χ0n) is 15.4. The van der Waals surface area contributed by atoms with E-state index in [-0.39, 0.29) is 11.7 Å². The van der Waals surface area contributed by atoms with E-state index in [2.05, 4.69) is 17.1 Å². The van der Waals surface area contributed by atoms with Gasteiger partial charge in [0.1, 0.15) is 10.7 Å². The summed E-state index contributed by atoms with van der Waals surface area (Å²) in [5.74, 6) is -0.206. The van der Waals surface area contributed by atoms with Crippen LogP contribution < -0.4 is 0 Å². The van der Waals surface area contributed by atoms with Gasteiger partial charge in [-0.1, -0.05) is 35.6 Å². The molecule has 1 aliphatic rings. The van der Waals surface area contributed by atoms with Gasteiger partial charge in [0.25, 0.3) is 5.91 Å². The molecule has 1 amide bonds. The van der Waals surface area contributed by atoms with E-state index < -0.39 is 0 Å². The molecule has 0 bridgehead atoms. The number of halogens is 1. The number of rotatable bonds is 2. The van der Waals surface area contributed by atoms with Crippen molar-refractivity contribution in [1.82, 2.24) is 14.3 Å². The van der Waals surface area contributed by atoms with Crippen molar-refractivity contribution in [2.75, 3.05) is 6.54 Å². The molecular formula is C22H18FN3OS. The lowest BCUT2D eigenvalue weighted by Gasteiger charge is -2.28. The van der Waals surface area contributed by atoms with Crippen LogP contribution in [0, 0.1) is 12.7 Å². The Morgan fingerprint density at radius 3 is 2.61 bits per heavy atom. The first-order valence-electron chi connectivity index (χ1n) is 9.20. The monoisotopic (exact) mass is 391 g/mol. The van der Waals surface area contributed by atoms with Crippen molar-refractivity contribution in [3.8, 4) is 11.3 Å². The van der Waals surface area contributed by atoms with Crippen LogP contribution in [0.4, 0.5) is 4.39 Å². The summed E-state index contributed by atoms with van der Waals surface area (Å²) in [7, 11) is 0. The third-order valence-corrected chi connectivity index (χ3v) is 6.45. The van der Waals surface area contributed by atoms with E-state index >= 15 is 0 Å². The van der Waals surface area contributed by atoms with E-state index in [1.54, 1.807) is 12.1 Å². The topological polar surface area (TPSA) is 37.6 Å². The summed E-state index contributed by atoms with van der Waals surface area (Å²) < 4.78 is 15.1. The van der Waals surface area contributed by atoms with Crippen molar-refractivity contribution in [2.45, 2.75) is 19.9 Å². The van der Waals surface area contributed by atoms with Gasteiger partial charge in [-0.3, -0.25) is 9.20 Å². The molecule has 0 spiro atoms. The fourth-order valence-electron chi connectivity index (χ4n) is 3.72. The van der Waals surface area contributed by atoms with Crippen LogP contribution in [0.5, 0.6) is 0 Å². The van der Waals surface area contributed by atoms with Crippen LogP contribution in [0.2, 0.25) is 0 Å². The number of aromatic nitrogens is 2. The third-order valence-electron chi connectivity index (χ3n) is 5.31. The molecule has 2 aromatic carbocycles. The standard InChI is InChI=1S/C22H18FN3OS/c1-14-20(21(27)25-11-10-15-4-2-3-5-17(15)12-25)28-22-24-19(13-26(14)22)16-6-8-18(23)9-7-16/h2-9,13H,10-12H2,1H3. The lowest BCUT2D eigenvalue weighted by atomic mass is 10.00. The molecule has 2 aromatic heterocycles. The van der Waals surface area contributed by atoms with E-state index in [0.717, 1.165) is 39.8 Å². The van der Waals surface area contributed by atoms with Crippen molar-refractivity contribution in [3.63, 3.8) is 0 Å². The Morgan fingerprint density at radius 2 is 1.86 bits per heavy atom. The van der Waals surface area contributed by atoms with E-state index in [4.69, 9.17) is 0 Å². The van der Waals surface area contributed by atoms with Crippen LogP contribution in [0.15, 0.2) is 54.7 Å². The summed E-state index contributed by atoms with van der Waals surface area (Å²) in [4.78, 5) is 21.2. The fraction of sp³-hybridized carbons (Fsp3) is 0.182. The number of nitrogens with zero attached hydrogens (tertiary/aromatic N) is 3. The maximum absolute atomic E-state index is 13.2.